The number of anilines is 1. The quantitative estimate of drug-likeness (QED) is 0.779. The normalized spacial score (nSPS) is 20.7. The van der Waals surface area contributed by atoms with E-state index in [0.717, 1.165) is 63.2 Å². The molecule has 0 unspecified atom stereocenters. The molecule has 3 rings (SSSR count). The number of ketones is 1. The predicted molar refractivity (Wildman–Crippen MR) is 91.1 cm³/mol. The molecule has 0 atom stereocenters. The summed E-state index contributed by atoms with van der Waals surface area (Å²) in [5.74, 6) is 1.97. The van der Waals surface area contributed by atoms with Crippen LogP contribution in [0, 0.1) is 5.92 Å². The van der Waals surface area contributed by atoms with Crippen LogP contribution in [0.1, 0.15) is 36.5 Å². The van der Waals surface area contributed by atoms with Gasteiger partial charge in [-0.3, -0.25) is 4.79 Å². The summed E-state index contributed by atoms with van der Waals surface area (Å²) in [6.45, 7) is 8.67. The zero-order valence-corrected chi connectivity index (χ0v) is 14.0. The van der Waals surface area contributed by atoms with Gasteiger partial charge in [-0.25, -0.2) is 4.98 Å². The highest BCUT2D eigenvalue weighted by Gasteiger charge is 2.17. The molecule has 0 saturated carbocycles. The first-order valence-electron chi connectivity index (χ1n) is 8.76. The molecule has 0 bridgehead atoms. The van der Waals surface area contributed by atoms with Gasteiger partial charge in [0, 0.05) is 37.8 Å². The van der Waals surface area contributed by atoms with Crippen LogP contribution in [0.5, 0.6) is 0 Å². The SMILES string of the molecule is CC1CCN(CCC(=O)c2ccc(N3CCOCC3)nc2)CC1. The van der Waals surface area contributed by atoms with Crippen molar-refractivity contribution in [3.63, 3.8) is 0 Å². The summed E-state index contributed by atoms with van der Waals surface area (Å²) in [5, 5.41) is 0. The Labute approximate surface area is 138 Å². The number of Topliss-reactive ketones (excluding diaryl/α,β-unsaturated/α-hetero) is 1. The number of aromatic nitrogens is 1. The Balaban J connectivity index is 1.49. The molecule has 0 aromatic carbocycles. The summed E-state index contributed by atoms with van der Waals surface area (Å²) in [4.78, 5) is 21.4. The van der Waals surface area contributed by atoms with Crippen molar-refractivity contribution in [2.75, 3.05) is 50.8 Å². The summed E-state index contributed by atoms with van der Waals surface area (Å²) in [6, 6.07) is 3.87. The van der Waals surface area contributed by atoms with Crippen LogP contribution in [0.15, 0.2) is 18.3 Å². The number of morpholine rings is 1. The lowest BCUT2D eigenvalue weighted by Crippen LogP contribution is -2.36. The van der Waals surface area contributed by atoms with Gasteiger partial charge in [0.15, 0.2) is 5.78 Å². The Morgan fingerprint density at radius 2 is 1.96 bits per heavy atom. The number of hydrogen-bond acceptors (Lipinski definition) is 5. The van der Waals surface area contributed by atoms with Crippen LogP contribution in [-0.2, 0) is 4.74 Å². The summed E-state index contributed by atoms with van der Waals surface area (Å²) in [7, 11) is 0. The van der Waals surface area contributed by atoms with E-state index in [1.54, 1.807) is 6.20 Å². The summed E-state index contributed by atoms with van der Waals surface area (Å²) >= 11 is 0. The molecule has 23 heavy (non-hydrogen) atoms. The molecule has 0 aliphatic carbocycles. The van der Waals surface area contributed by atoms with Crippen molar-refractivity contribution in [3.8, 4) is 0 Å². The molecule has 5 nitrogen and oxygen atoms in total. The van der Waals surface area contributed by atoms with Crippen LogP contribution in [0.3, 0.4) is 0 Å². The lowest BCUT2D eigenvalue weighted by atomic mass is 9.99. The van der Waals surface area contributed by atoms with Crippen molar-refractivity contribution >= 4 is 11.6 Å². The molecule has 0 N–H and O–H groups in total. The van der Waals surface area contributed by atoms with E-state index in [1.807, 2.05) is 12.1 Å². The van der Waals surface area contributed by atoms with Crippen molar-refractivity contribution in [3.05, 3.63) is 23.9 Å². The van der Waals surface area contributed by atoms with E-state index in [2.05, 4.69) is 21.7 Å². The summed E-state index contributed by atoms with van der Waals surface area (Å²) < 4.78 is 5.35. The van der Waals surface area contributed by atoms with Crippen LogP contribution in [0.4, 0.5) is 5.82 Å². The zero-order valence-electron chi connectivity index (χ0n) is 14.0. The van der Waals surface area contributed by atoms with Crippen LogP contribution < -0.4 is 4.90 Å². The average molecular weight is 317 g/mol. The molecule has 126 valence electrons. The number of nitrogens with zero attached hydrogens (tertiary/aromatic N) is 3. The van der Waals surface area contributed by atoms with Crippen LogP contribution in [0.2, 0.25) is 0 Å². The largest absolute Gasteiger partial charge is 0.378 e. The molecule has 2 fully saturated rings. The maximum absolute atomic E-state index is 12.3. The van der Waals surface area contributed by atoms with Gasteiger partial charge >= 0.3 is 0 Å². The highest BCUT2D eigenvalue weighted by molar-refractivity contribution is 5.96. The third kappa shape index (κ3) is 4.52. The number of likely N-dealkylation sites (tertiary alicyclic amines) is 1. The fourth-order valence-corrected chi connectivity index (χ4v) is 3.22. The predicted octanol–water partition coefficient (Wildman–Crippen LogP) is 2.22. The first-order chi connectivity index (χ1) is 11.2. The van der Waals surface area contributed by atoms with Gasteiger partial charge in [-0.05, 0) is 44.0 Å². The summed E-state index contributed by atoms with van der Waals surface area (Å²) in [6.07, 6.45) is 4.83. The molecule has 1 aromatic heterocycles. The van der Waals surface area contributed by atoms with Gasteiger partial charge in [-0.15, -0.1) is 0 Å². The molecular formula is C18H27N3O2. The molecule has 0 amide bonds. The zero-order chi connectivity index (χ0) is 16.1. The minimum atomic E-state index is 0.199. The smallest absolute Gasteiger partial charge is 0.165 e. The first-order valence-corrected chi connectivity index (χ1v) is 8.76. The summed E-state index contributed by atoms with van der Waals surface area (Å²) in [5.41, 5.74) is 0.729. The monoisotopic (exact) mass is 317 g/mol. The Bertz CT molecular complexity index is 504. The number of carbonyl (C=O) groups excluding carboxylic acids is 1. The van der Waals surface area contributed by atoms with Gasteiger partial charge in [0.05, 0.1) is 13.2 Å². The molecule has 0 radical (unpaired) electrons. The van der Waals surface area contributed by atoms with E-state index in [4.69, 9.17) is 4.74 Å². The molecule has 2 saturated heterocycles. The Hall–Kier alpha value is -1.46. The van der Waals surface area contributed by atoms with Crippen LogP contribution in [0.25, 0.3) is 0 Å². The second kappa shape index (κ2) is 7.88. The maximum atomic E-state index is 12.3. The highest BCUT2D eigenvalue weighted by atomic mass is 16.5. The van der Waals surface area contributed by atoms with Gasteiger partial charge < -0.3 is 14.5 Å². The fraction of sp³-hybridized carbons (Fsp3) is 0.667. The van der Waals surface area contributed by atoms with Gasteiger partial charge in [-0.2, -0.15) is 0 Å². The van der Waals surface area contributed by atoms with Gasteiger partial charge in [-0.1, -0.05) is 6.92 Å². The second-order valence-electron chi connectivity index (χ2n) is 6.70. The van der Waals surface area contributed by atoms with E-state index in [1.165, 1.54) is 12.8 Å². The number of rotatable bonds is 5. The second-order valence-corrected chi connectivity index (χ2v) is 6.70. The number of piperidine rings is 1. The maximum Gasteiger partial charge on any atom is 0.165 e. The molecule has 2 aliphatic heterocycles. The first kappa shape index (κ1) is 16.4. The van der Waals surface area contributed by atoms with Gasteiger partial charge in [0.2, 0.25) is 0 Å². The van der Waals surface area contributed by atoms with Crippen molar-refractivity contribution in [1.29, 1.82) is 0 Å². The van der Waals surface area contributed by atoms with E-state index < -0.39 is 0 Å². The van der Waals surface area contributed by atoms with Gasteiger partial charge in [0.1, 0.15) is 5.82 Å². The lowest BCUT2D eigenvalue weighted by Gasteiger charge is -2.29. The molecular weight excluding hydrogens is 290 g/mol. The molecule has 1 aromatic rings. The minimum absolute atomic E-state index is 0.199. The minimum Gasteiger partial charge on any atom is -0.378 e. The number of pyridine rings is 1. The van der Waals surface area contributed by atoms with E-state index in [9.17, 15) is 4.79 Å². The van der Waals surface area contributed by atoms with Gasteiger partial charge in [0.25, 0.3) is 0 Å². The topological polar surface area (TPSA) is 45.7 Å². The number of ether oxygens (including phenoxy) is 1. The Kier molecular flexibility index (Phi) is 5.62. The average Bonchev–Trinajstić information content (AvgIpc) is 2.62. The standard InChI is InChI=1S/C18H27N3O2/c1-15-4-7-20(8-5-15)9-6-17(22)16-2-3-18(19-14-16)21-10-12-23-13-11-21/h2-3,14-15H,4-13H2,1H3. The molecule has 0 spiro atoms. The Morgan fingerprint density at radius 1 is 1.22 bits per heavy atom. The van der Waals surface area contributed by atoms with E-state index in [0.29, 0.717) is 6.42 Å². The van der Waals surface area contributed by atoms with Crippen molar-refractivity contribution in [1.82, 2.24) is 9.88 Å². The highest BCUT2D eigenvalue weighted by Crippen LogP contribution is 2.17. The van der Waals surface area contributed by atoms with Crippen LogP contribution >= 0.6 is 0 Å². The third-order valence-corrected chi connectivity index (χ3v) is 4.94. The Morgan fingerprint density at radius 3 is 2.61 bits per heavy atom. The van der Waals surface area contributed by atoms with Crippen molar-refractivity contribution in [2.45, 2.75) is 26.2 Å². The van der Waals surface area contributed by atoms with Crippen LogP contribution in [-0.4, -0.2) is 61.6 Å². The number of hydrogen-bond donors (Lipinski definition) is 0. The van der Waals surface area contributed by atoms with Crippen molar-refractivity contribution in [2.24, 2.45) is 5.92 Å². The molecule has 5 heteroatoms. The third-order valence-electron chi connectivity index (χ3n) is 4.94. The molecule has 2 aliphatic rings. The number of carbonyl (C=O) groups is 1. The fourth-order valence-electron chi connectivity index (χ4n) is 3.22. The molecule has 3 heterocycles. The van der Waals surface area contributed by atoms with Crippen molar-refractivity contribution < 1.29 is 9.53 Å². The van der Waals surface area contributed by atoms with E-state index >= 15 is 0 Å². The lowest BCUT2D eigenvalue weighted by molar-refractivity contribution is 0.0952. The van der Waals surface area contributed by atoms with E-state index in [-0.39, 0.29) is 5.78 Å².